The van der Waals surface area contributed by atoms with Gasteiger partial charge in [-0.3, -0.25) is 4.79 Å². The SMILES string of the molecule is COc1ccc(NC(=O)N2CCCC(C(=O)O)C2)cc1S(=O)(=O)NC1CC1. The number of hydrogen-bond donors (Lipinski definition) is 3. The Morgan fingerprint density at radius 1 is 1.26 bits per heavy atom. The van der Waals surface area contributed by atoms with Crippen molar-refractivity contribution < 1.29 is 27.9 Å². The maximum Gasteiger partial charge on any atom is 0.321 e. The molecule has 1 atom stereocenters. The third-order valence-corrected chi connectivity index (χ3v) is 6.20. The van der Waals surface area contributed by atoms with E-state index in [9.17, 15) is 18.0 Å². The Bertz CT molecular complexity index is 837. The van der Waals surface area contributed by atoms with E-state index in [0.717, 1.165) is 12.8 Å². The molecule has 0 bridgehead atoms. The maximum absolute atomic E-state index is 12.5. The van der Waals surface area contributed by atoms with E-state index in [-0.39, 0.29) is 23.2 Å². The van der Waals surface area contributed by atoms with Crippen LogP contribution >= 0.6 is 0 Å². The molecule has 1 aromatic rings. The van der Waals surface area contributed by atoms with Gasteiger partial charge in [-0.2, -0.15) is 0 Å². The lowest BCUT2D eigenvalue weighted by atomic mass is 9.99. The number of nitrogens with zero attached hydrogens (tertiary/aromatic N) is 1. The number of carboxylic acids is 1. The fourth-order valence-corrected chi connectivity index (χ4v) is 4.51. The normalized spacial score (nSPS) is 20.2. The third kappa shape index (κ3) is 4.69. The number of methoxy groups -OCH3 is 1. The molecular weight excluding hydrogens is 374 g/mol. The van der Waals surface area contributed by atoms with Crippen molar-refractivity contribution in [1.29, 1.82) is 0 Å². The average Bonchev–Trinajstić information content (AvgIpc) is 3.45. The minimum Gasteiger partial charge on any atom is -0.495 e. The first kappa shape index (κ1) is 19.4. The Morgan fingerprint density at radius 3 is 2.63 bits per heavy atom. The van der Waals surface area contributed by atoms with E-state index >= 15 is 0 Å². The molecule has 0 aromatic heterocycles. The van der Waals surface area contributed by atoms with E-state index in [1.54, 1.807) is 6.07 Å². The molecule has 27 heavy (non-hydrogen) atoms. The van der Waals surface area contributed by atoms with Gasteiger partial charge >= 0.3 is 12.0 Å². The predicted octanol–water partition coefficient (Wildman–Crippen LogP) is 1.46. The summed E-state index contributed by atoms with van der Waals surface area (Å²) in [4.78, 5) is 25.0. The van der Waals surface area contributed by atoms with Crippen LogP contribution in [0.4, 0.5) is 10.5 Å². The molecule has 148 valence electrons. The van der Waals surface area contributed by atoms with Gasteiger partial charge in [0.05, 0.1) is 13.0 Å². The fourth-order valence-electron chi connectivity index (χ4n) is 3.01. The number of urea groups is 1. The van der Waals surface area contributed by atoms with E-state index in [1.165, 1.54) is 24.1 Å². The van der Waals surface area contributed by atoms with Crippen LogP contribution in [0.15, 0.2) is 23.1 Å². The maximum atomic E-state index is 12.5. The smallest absolute Gasteiger partial charge is 0.321 e. The molecule has 3 rings (SSSR count). The van der Waals surface area contributed by atoms with Crippen LogP contribution in [0, 0.1) is 5.92 Å². The molecule has 1 unspecified atom stereocenters. The standard InChI is InChI=1S/C17H23N3O6S/c1-26-14-7-6-13(9-15(14)27(24,25)19-12-4-5-12)18-17(23)20-8-2-3-11(10-20)16(21)22/h6-7,9,11-12,19H,2-5,8,10H2,1H3,(H,18,23)(H,21,22). The number of amides is 2. The van der Waals surface area contributed by atoms with Crippen LogP contribution in [0.5, 0.6) is 5.75 Å². The monoisotopic (exact) mass is 397 g/mol. The number of carbonyl (C=O) groups excluding carboxylic acids is 1. The molecule has 0 radical (unpaired) electrons. The number of piperidine rings is 1. The van der Waals surface area contributed by atoms with Crippen molar-refractivity contribution in [2.75, 3.05) is 25.5 Å². The number of anilines is 1. The van der Waals surface area contributed by atoms with Crippen LogP contribution in [-0.4, -0.2) is 56.7 Å². The van der Waals surface area contributed by atoms with Crippen molar-refractivity contribution in [1.82, 2.24) is 9.62 Å². The van der Waals surface area contributed by atoms with Crippen LogP contribution in [-0.2, 0) is 14.8 Å². The van der Waals surface area contributed by atoms with Crippen LogP contribution in [0.2, 0.25) is 0 Å². The summed E-state index contributed by atoms with van der Waals surface area (Å²) in [5, 5.41) is 11.8. The second-order valence-corrected chi connectivity index (χ2v) is 8.50. The molecule has 1 aliphatic heterocycles. The van der Waals surface area contributed by atoms with Crippen molar-refractivity contribution in [2.45, 2.75) is 36.6 Å². The number of carbonyl (C=O) groups is 2. The Labute approximate surface area is 157 Å². The molecule has 2 fully saturated rings. The summed E-state index contributed by atoms with van der Waals surface area (Å²) in [6.07, 6.45) is 2.75. The van der Waals surface area contributed by atoms with E-state index in [2.05, 4.69) is 10.0 Å². The summed E-state index contributed by atoms with van der Waals surface area (Å²) in [5.74, 6) is -1.32. The molecule has 10 heteroatoms. The van der Waals surface area contributed by atoms with Crippen molar-refractivity contribution in [3.05, 3.63) is 18.2 Å². The molecule has 9 nitrogen and oxygen atoms in total. The average molecular weight is 397 g/mol. The lowest BCUT2D eigenvalue weighted by Gasteiger charge is -2.30. The third-order valence-electron chi connectivity index (χ3n) is 4.66. The van der Waals surface area contributed by atoms with Gasteiger partial charge in [-0.15, -0.1) is 0 Å². The number of hydrogen-bond acceptors (Lipinski definition) is 5. The first-order valence-corrected chi connectivity index (χ1v) is 10.3. The highest BCUT2D eigenvalue weighted by atomic mass is 32.2. The molecule has 1 aromatic carbocycles. The van der Waals surface area contributed by atoms with Crippen molar-refractivity contribution in [3.63, 3.8) is 0 Å². The quantitative estimate of drug-likeness (QED) is 0.667. The number of rotatable bonds is 6. The summed E-state index contributed by atoms with van der Waals surface area (Å²) in [6, 6.07) is 3.86. The molecule has 1 saturated carbocycles. The highest BCUT2D eigenvalue weighted by Gasteiger charge is 2.31. The summed E-state index contributed by atoms with van der Waals surface area (Å²) < 4.78 is 32.8. The highest BCUT2D eigenvalue weighted by Crippen LogP contribution is 2.30. The van der Waals surface area contributed by atoms with Gasteiger partial charge in [0.25, 0.3) is 0 Å². The zero-order valence-corrected chi connectivity index (χ0v) is 15.8. The minimum absolute atomic E-state index is 0.0447. The topological polar surface area (TPSA) is 125 Å². The van der Waals surface area contributed by atoms with E-state index < -0.39 is 27.9 Å². The molecule has 3 N–H and O–H groups in total. The second kappa shape index (κ2) is 7.73. The summed E-state index contributed by atoms with van der Waals surface area (Å²) in [6.45, 7) is 0.589. The first-order valence-electron chi connectivity index (χ1n) is 8.79. The van der Waals surface area contributed by atoms with Gasteiger partial charge in [-0.05, 0) is 43.9 Å². The van der Waals surface area contributed by atoms with Crippen LogP contribution < -0.4 is 14.8 Å². The first-order chi connectivity index (χ1) is 12.8. The van der Waals surface area contributed by atoms with Gasteiger partial charge in [0.2, 0.25) is 10.0 Å². The molecule has 2 aliphatic rings. The van der Waals surface area contributed by atoms with E-state index in [1.807, 2.05) is 0 Å². The molecule has 2 amide bonds. The number of aliphatic carboxylic acids is 1. The Kier molecular flexibility index (Phi) is 5.56. The van der Waals surface area contributed by atoms with Gasteiger partial charge in [0.15, 0.2) is 0 Å². The van der Waals surface area contributed by atoms with Gasteiger partial charge in [0, 0.05) is 24.8 Å². The number of carboxylic acid groups (broad SMARTS) is 1. The van der Waals surface area contributed by atoms with Gasteiger partial charge in [-0.25, -0.2) is 17.9 Å². The lowest BCUT2D eigenvalue weighted by Crippen LogP contribution is -2.44. The van der Waals surface area contributed by atoms with Crippen LogP contribution in [0.3, 0.4) is 0 Å². The fraction of sp³-hybridized carbons (Fsp3) is 0.529. The summed E-state index contributed by atoms with van der Waals surface area (Å²) >= 11 is 0. The zero-order chi connectivity index (χ0) is 19.6. The van der Waals surface area contributed by atoms with Crippen molar-refractivity contribution in [2.24, 2.45) is 5.92 Å². The van der Waals surface area contributed by atoms with Crippen LogP contribution in [0.25, 0.3) is 0 Å². The van der Waals surface area contributed by atoms with Gasteiger partial charge in [0.1, 0.15) is 10.6 Å². The number of ether oxygens (including phenoxy) is 1. The van der Waals surface area contributed by atoms with E-state index in [0.29, 0.717) is 25.1 Å². The Hall–Kier alpha value is -2.33. The number of sulfonamides is 1. The molecule has 1 saturated heterocycles. The Morgan fingerprint density at radius 2 is 2.00 bits per heavy atom. The van der Waals surface area contributed by atoms with E-state index in [4.69, 9.17) is 9.84 Å². The zero-order valence-electron chi connectivity index (χ0n) is 15.0. The van der Waals surface area contributed by atoms with Gasteiger partial charge in [-0.1, -0.05) is 0 Å². The van der Waals surface area contributed by atoms with Crippen molar-refractivity contribution in [3.8, 4) is 5.75 Å². The number of likely N-dealkylation sites (tertiary alicyclic amines) is 1. The molecule has 0 spiro atoms. The second-order valence-electron chi connectivity index (χ2n) is 6.81. The molecule has 1 heterocycles. The predicted molar refractivity (Wildman–Crippen MR) is 97.3 cm³/mol. The summed E-state index contributed by atoms with van der Waals surface area (Å²) in [5.41, 5.74) is 0.300. The number of benzene rings is 1. The van der Waals surface area contributed by atoms with Crippen LogP contribution in [0.1, 0.15) is 25.7 Å². The minimum atomic E-state index is -3.76. The molecule has 1 aliphatic carbocycles. The largest absolute Gasteiger partial charge is 0.495 e. The Balaban J connectivity index is 1.75. The number of nitrogens with one attached hydrogen (secondary N) is 2. The summed E-state index contributed by atoms with van der Waals surface area (Å²) in [7, 11) is -2.38. The molecular formula is C17H23N3O6S. The van der Waals surface area contributed by atoms with Crippen molar-refractivity contribution >= 4 is 27.7 Å². The highest BCUT2D eigenvalue weighted by molar-refractivity contribution is 7.89. The van der Waals surface area contributed by atoms with Gasteiger partial charge < -0.3 is 20.1 Å². The lowest BCUT2D eigenvalue weighted by molar-refractivity contribution is -0.143.